The van der Waals surface area contributed by atoms with Gasteiger partial charge in [0.1, 0.15) is 6.04 Å². The second kappa shape index (κ2) is 7.08. The van der Waals surface area contributed by atoms with Crippen LogP contribution in [0.3, 0.4) is 0 Å². The molecule has 2 aromatic rings. The lowest BCUT2D eigenvalue weighted by Crippen LogP contribution is -2.34. The molecule has 104 valence electrons. The molecule has 0 bridgehead atoms. The highest BCUT2D eigenvalue weighted by Gasteiger charge is 2.16. The van der Waals surface area contributed by atoms with Gasteiger partial charge in [-0.3, -0.25) is 4.79 Å². The number of nitrogens with one attached hydrogen (secondary N) is 1. The van der Waals surface area contributed by atoms with Crippen LogP contribution in [0.4, 0.5) is 0 Å². The maximum atomic E-state index is 11.5. The molecule has 0 saturated carbocycles. The minimum atomic E-state index is -0.455. The van der Waals surface area contributed by atoms with Gasteiger partial charge in [0.05, 0.1) is 0 Å². The Labute approximate surface area is 123 Å². The molecule has 0 spiro atoms. The fourth-order valence-electron chi connectivity index (χ4n) is 2.04. The van der Waals surface area contributed by atoms with Crippen molar-refractivity contribution in [3.05, 3.63) is 70.7 Å². The third kappa shape index (κ3) is 4.08. The summed E-state index contributed by atoms with van der Waals surface area (Å²) in [6.45, 7) is 0.671. The Kier molecular flexibility index (Phi) is 5.16. The van der Waals surface area contributed by atoms with Gasteiger partial charge in [-0.1, -0.05) is 54.1 Å². The number of benzene rings is 2. The van der Waals surface area contributed by atoms with Gasteiger partial charge in [0, 0.05) is 11.6 Å². The van der Waals surface area contributed by atoms with Crippen molar-refractivity contribution >= 4 is 17.5 Å². The highest BCUT2D eigenvalue weighted by atomic mass is 35.5. The van der Waals surface area contributed by atoms with Crippen LogP contribution in [0.1, 0.15) is 17.2 Å². The van der Waals surface area contributed by atoms with E-state index in [9.17, 15) is 4.79 Å². The fourth-order valence-corrected chi connectivity index (χ4v) is 2.17. The maximum Gasteiger partial charge on any atom is 0.239 e. The quantitative estimate of drug-likeness (QED) is 0.859. The Hall–Kier alpha value is -1.84. The van der Waals surface area contributed by atoms with Crippen molar-refractivity contribution in [2.45, 2.75) is 12.5 Å². The van der Waals surface area contributed by atoms with Crippen molar-refractivity contribution in [2.75, 3.05) is 6.54 Å². The highest BCUT2D eigenvalue weighted by molar-refractivity contribution is 6.30. The predicted molar refractivity (Wildman–Crippen MR) is 81.5 cm³/mol. The summed E-state index contributed by atoms with van der Waals surface area (Å²) < 4.78 is 0. The van der Waals surface area contributed by atoms with Crippen molar-refractivity contribution in [1.29, 1.82) is 0 Å². The molecule has 1 amide bonds. The molecule has 20 heavy (non-hydrogen) atoms. The van der Waals surface area contributed by atoms with Crippen molar-refractivity contribution in [1.82, 2.24) is 5.32 Å². The Bertz CT molecular complexity index is 554. The van der Waals surface area contributed by atoms with Crippen LogP contribution in [0.15, 0.2) is 54.6 Å². The second-order valence-electron chi connectivity index (χ2n) is 4.58. The van der Waals surface area contributed by atoms with Gasteiger partial charge in [-0.25, -0.2) is 0 Å². The second-order valence-corrected chi connectivity index (χ2v) is 5.01. The standard InChI is InChI=1S/C16H17ClN2O/c17-14-8-6-12(7-9-14)10-11-19-15(16(18)20)13-4-2-1-3-5-13/h1-9,15,19H,10-11H2,(H2,18,20)/t15-/m0/s1. The lowest BCUT2D eigenvalue weighted by molar-refractivity contribution is -0.120. The van der Waals surface area contributed by atoms with E-state index in [1.807, 2.05) is 54.6 Å². The SMILES string of the molecule is NC(=O)[C@@H](NCCc1ccc(Cl)cc1)c1ccccc1. The topological polar surface area (TPSA) is 55.1 Å². The molecule has 0 fully saturated rings. The normalized spacial score (nSPS) is 12.1. The third-order valence-corrected chi connectivity index (χ3v) is 3.34. The van der Waals surface area contributed by atoms with E-state index in [1.54, 1.807) is 0 Å². The molecule has 1 atom stereocenters. The van der Waals surface area contributed by atoms with E-state index in [-0.39, 0.29) is 5.91 Å². The van der Waals surface area contributed by atoms with E-state index in [4.69, 9.17) is 17.3 Å². The Morgan fingerprint density at radius 2 is 1.75 bits per heavy atom. The first-order valence-corrected chi connectivity index (χ1v) is 6.86. The van der Waals surface area contributed by atoms with Gasteiger partial charge < -0.3 is 11.1 Å². The molecule has 0 aliphatic carbocycles. The Morgan fingerprint density at radius 1 is 1.10 bits per heavy atom. The minimum absolute atomic E-state index is 0.368. The number of carbonyl (C=O) groups excluding carboxylic acids is 1. The number of hydrogen-bond acceptors (Lipinski definition) is 2. The zero-order valence-corrected chi connectivity index (χ0v) is 11.8. The predicted octanol–water partition coefficient (Wildman–Crippen LogP) is 2.70. The van der Waals surface area contributed by atoms with Crippen LogP contribution in [-0.2, 0) is 11.2 Å². The molecule has 0 radical (unpaired) electrons. The first-order valence-electron chi connectivity index (χ1n) is 6.49. The number of carbonyl (C=O) groups is 1. The number of primary amides is 1. The van der Waals surface area contributed by atoms with Gasteiger partial charge in [-0.15, -0.1) is 0 Å². The van der Waals surface area contributed by atoms with Crippen molar-refractivity contribution in [3.63, 3.8) is 0 Å². The van der Waals surface area contributed by atoms with E-state index in [0.717, 1.165) is 22.6 Å². The van der Waals surface area contributed by atoms with Crippen LogP contribution in [0.25, 0.3) is 0 Å². The van der Waals surface area contributed by atoms with Crippen molar-refractivity contribution in [3.8, 4) is 0 Å². The van der Waals surface area contributed by atoms with Crippen molar-refractivity contribution in [2.24, 2.45) is 5.73 Å². The molecular weight excluding hydrogens is 272 g/mol. The van der Waals surface area contributed by atoms with E-state index in [0.29, 0.717) is 6.54 Å². The summed E-state index contributed by atoms with van der Waals surface area (Å²) in [6.07, 6.45) is 0.813. The van der Waals surface area contributed by atoms with Gasteiger partial charge in [0.2, 0.25) is 5.91 Å². The molecule has 3 nitrogen and oxygen atoms in total. The van der Waals surface area contributed by atoms with E-state index < -0.39 is 6.04 Å². The van der Waals surface area contributed by atoms with Crippen LogP contribution < -0.4 is 11.1 Å². The molecule has 0 heterocycles. The molecule has 0 aromatic heterocycles. The average Bonchev–Trinajstić information content (AvgIpc) is 2.46. The molecule has 2 rings (SSSR count). The number of hydrogen-bond donors (Lipinski definition) is 2. The Morgan fingerprint density at radius 3 is 2.35 bits per heavy atom. The molecule has 0 aliphatic heterocycles. The summed E-state index contributed by atoms with van der Waals surface area (Å²) in [5.74, 6) is -0.368. The Balaban J connectivity index is 1.93. The van der Waals surface area contributed by atoms with Gasteiger partial charge in [0.15, 0.2) is 0 Å². The largest absolute Gasteiger partial charge is 0.368 e. The summed E-state index contributed by atoms with van der Waals surface area (Å²) in [4.78, 5) is 11.5. The van der Waals surface area contributed by atoms with E-state index in [2.05, 4.69) is 5.32 Å². The first-order chi connectivity index (χ1) is 9.66. The summed E-state index contributed by atoms with van der Waals surface area (Å²) in [5.41, 5.74) is 7.50. The molecule has 0 unspecified atom stereocenters. The zero-order chi connectivity index (χ0) is 14.4. The smallest absolute Gasteiger partial charge is 0.239 e. The molecular formula is C16H17ClN2O. The zero-order valence-electron chi connectivity index (χ0n) is 11.1. The van der Waals surface area contributed by atoms with Crippen LogP contribution in [0.5, 0.6) is 0 Å². The lowest BCUT2D eigenvalue weighted by atomic mass is 10.1. The fraction of sp³-hybridized carbons (Fsp3) is 0.188. The maximum absolute atomic E-state index is 11.5. The van der Waals surface area contributed by atoms with Crippen molar-refractivity contribution < 1.29 is 4.79 Å². The molecule has 4 heteroatoms. The summed E-state index contributed by atoms with van der Waals surface area (Å²) in [7, 11) is 0. The molecule has 2 aromatic carbocycles. The van der Waals surface area contributed by atoms with E-state index >= 15 is 0 Å². The highest BCUT2D eigenvalue weighted by Crippen LogP contribution is 2.13. The summed E-state index contributed by atoms with van der Waals surface area (Å²) in [5, 5.41) is 3.91. The monoisotopic (exact) mass is 288 g/mol. The number of halogens is 1. The summed E-state index contributed by atoms with van der Waals surface area (Å²) in [6, 6.07) is 16.7. The van der Waals surface area contributed by atoms with E-state index in [1.165, 1.54) is 0 Å². The first kappa shape index (κ1) is 14.6. The summed E-state index contributed by atoms with van der Waals surface area (Å²) >= 11 is 5.84. The minimum Gasteiger partial charge on any atom is -0.368 e. The van der Waals surface area contributed by atoms with Crippen LogP contribution in [0.2, 0.25) is 5.02 Å². The van der Waals surface area contributed by atoms with Crippen LogP contribution >= 0.6 is 11.6 Å². The van der Waals surface area contributed by atoms with Gasteiger partial charge >= 0.3 is 0 Å². The van der Waals surface area contributed by atoms with Gasteiger partial charge in [0.25, 0.3) is 0 Å². The van der Waals surface area contributed by atoms with Crippen LogP contribution in [-0.4, -0.2) is 12.5 Å². The molecule has 0 saturated heterocycles. The van der Waals surface area contributed by atoms with Gasteiger partial charge in [-0.05, 0) is 29.7 Å². The third-order valence-electron chi connectivity index (χ3n) is 3.09. The average molecular weight is 289 g/mol. The lowest BCUT2D eigenvalue weighted by Gasteiger charge is -2.15. The number of rotatable bonds is 6. The number of nitrogens with two attached hydrogens (primary N) is 1. The number of amides is 1. The van der Waals surface area contributed by atoms with Crippen LogP contribution in [0, 0.1) is 0 Å². The molecule has 3 N–H and O–H groups in total. The van der Waals surface area contributed by atoms with Gasteiger partial charge in [-0.2, -0.15) is 0 Å². The molecule has 0 aliphatic rings.